The number of piperazine rings is 1. The highest BCUT2D eigenvalue weighted by molar-refractivity contribution is 5.95. The van der Waals surface area contributed by atoms with Crippen LogP contribution in [-0.4, -0.2) is 66.6 Å². The van der Waals surface area contributed by atoms with Crippen molar-refractivity contribution in [1.82, 2.24) is 29.6 Å². The van der Waals surface area contributed by atoms with Crippen molar-refractivity contribution in [3.8, 4) is 5.82 Å². The molecule has 0 N–H and O–H groups in total. The van der Waals surface area contributed by atoms with Gasteiger partial charge in [-0.2, -0.15) is 5.10 Å². The first kappa shape index (κ1) is 17.5. The van der Waals surface area contributed by atoms with Gasteiger partial charge >= 0.3 is 0 Å². The molecular weight excluding hydrogens is 364 g/mol. The van der Waals surface area contributed by atoms with Crippen LogP contribution in [0.2, 0.25) is 0 Å². The van der Waals surface area contributed by atoms with Gasteiger partial charge in [-0.25, -0.2) is 19.6 Å². The molecule has 0 spiro atoms. The number of nitrogens with zero attached hydrogens (tertiary/aromatic N) is 8. The molecular formula is C17H16N8O3. The zero-order valence-corrected chi connectivity index (χ0v) is 14.7. The van der Waals surface area contributed by atoms with E-state index < -0.39 is 4.92 Å². The maximum atomic E-state index is 12.7. The Labute approximate surface area is 159 Å². The number of benzene rings is 1. The number of amides is 1. The highest BCUT2D eigenvalue weighted by atomic mass is 16.6. The molecule has 11 heteroatoms. The minimum Gasteiger partial charge on any atom is -0.353 e. The summed E-state index contributed by atoms with van der Waals surface area (Å²) in [5.74, 6) is 1.13. The van der Waals surface area contributed by atoms with Crippen molar-refractivity contribution in [2.45, 2.75) is 0 Å². The summed E-state index contributed by atoms with van der Waals surface area (Å²) in [6, 6.07) is 7.61. The van der Waals surface area contributed by atoms with Gasteiger partial charge in [0.05, 0.1) is 4.92 Å². The molecule has 1 aromatic carbocycles. The Balaban J connectivity index is 1.44. The lowest BCUT2D eigenvalue weighted by molar-refractivity contribution is -0.384. The molecule has 142 valence electrons. The lowest BCUT2D eigenvalue weighted by atomic mass is 10.1. The summed E-state index contributed by atoms with van der Waals surface area (Å²) in [5, 5.41) is 15.0. The van der Waals surface area contributed by atoms with Crippen LogP contribution in [0.4, 0.5) is 11.5 Å². The van der Waals surface area contributed by atoms with Gasteiger partial charge in [-0.15, -0.1) is 0 Å². The van der Waals surface area contributed by atoms with Gasteiger partial charge in [0.1, 0.15) is 24.8 Å². The van der Waals surface area contributed by atoms with E-state index in [1.54, 1.807) is 22.0 Å². The third-order valence-corrected chi connectivity index (χ3v) is 4.49. The van der Waals surface area contributed by atoms with Crippen LogP contribution in [0.1, 0.15) is 10.4 Å². The Hall–Kier alpha value is -3.89. The molecule has 3 aromatic rings. The van der Waals surface area contributed by atoms with Crippen molar-refractivity contribution in [1.29, 1.82) is 0 Å². The Morgan fingerprint density at radius 2 is 1.82 bits per heavy atom. The van der Waals surface area contributed by atoms with E-state index in [1.165, 1.54) is 30.9 Å². The fraction of sp³-hybridized carbons (Fsp3) is 0.235. The first-order valence-electron chi connectivity index (χ1n) is 8.57. The van der Waals surface area contributed by atoms with E-state index in [0.717, 1.165) is 5.82 Å². The topological polar surface area (TPSA) is 123 Å². The summed E-state index contributed by atoms with van der Waals surface area (Å²) in [4.78, 5) is 39.2. The molecule has 0 aliphatic carbocycles. The molecule has 1 amide bonds. The Morgan fingerprint density at radius 3 is 2.54 bits per heavy atom. The standard InChI is InChI=1S/C17H16N8O3/c26-17(13-2-1-3-14(8-13)25(27)28)23-6-4-22(5-7-23)15-9-16(20-11-19-15)24-12-18-10-21-24/h1-3,8-12H,4-7H2. The SMILES string of the molecule is O=C(c1cccc([N+](=O)[O-])c1)N1CCN(c2cc(-n3cncn3)ncn2)CC1. The molecule has 1 saturated heterocycles. The van der Waals surface area contributed by atoms with Gasteiger partial charge in [0, 0.05) is 49.9 Å². The number of carbonyl (C=O) groups is 1. The zero-order valence-electron chi connectivity index (χ0n) is 14.7. The first-order chi connectivity index (χ1) is 13.6. The number of carbonyl (C=O) groups excluding carboxylic acids is 1. The molecule has 1 aliphatic heterocycles. The molecule has 0 saturated carbocycles. The summed E-state index contributed by atoms with van der Waals surface area (Å²) in [6.07, 6.45) is 4.45. The molecule has 0 atom stereocenters. The van der Waals surface area contributed by atoms with Crippen molar-refractivity contribution < 1.29 is 9.72 Å². The van der Waals surface area contributed by atoms with Crippen molar-refractivity contribution >= 4 is 17.4 Å². The maximum Gasteiger partial charge on any atom is 0.270 e. The summed E-state index contributed by atoms with van der Waals surface area (Å²) in [6.45, 7) is 2.16. The third-order valence-electron chi connectivity index (χ3n) is 4.49. The zero-order chi connectivity index (χ0) is 19.5. The lowest BCUT2D eigenvalue weighted by Gasteiger charge is -2.35. The third kappa shape index (κ3) is 3.49. The van der Waals surface area contributed by atoms with E-state index in [2.05, 4.69) is 25.0 Å². The van der Waals surface area contributed by atoms with Gasteiger partial charge < -0.3 is 9.80 Å². The van der Waals surface area contributed by atoms with Gasteiger partial charge in [-0.3, -0.25) is 14.9 Å². The highest BCUT2D eigenvalue weighted by Gasteiger charge is 2.24. The Kier molecular flexibility index (Phi) is 4.62. The smallest absolute Gasteiger partial charge is 0.270 e. The molecule has 0 unspecified atom stereocenters. The molecule has 4 rings (SSSR count). The average Bonchev–Trinajstić information content (AvgIpc) is 3.28. The fourth-order valence-corrected chi connectivity index (χ4v) is 3.04. The second kappa shape index (κ2) is 7.39. The largest absolute Gasteiger partial charge is 0.353 e. The molecule has 28 heavy (non-hydrogen) atoms. The van der Waals surface area contributed by atoms with Gasteiger partial charge in [0.15, 0.2) is 5.82 Å². The predicted molar refractivity (Wildman–Crippen MR) is 98.2 cm³/mol. The number of hydrogen-bond acceptors (Lipinski definition) is 8. The highest BCUT2D eigenvalue weighted by Crippen LogP contribution is 2.18. The fourth-order valence-electron chi connectivity index (χ4n) is 3.04. The van der Waals surface area contributed by atoms with E-state index in [4.69, 9.17) is 0 Å². The van der Waals surface area contributed by atoms with Crippen LogP contribution >= 0.6 is 0 Å². The van der Waals surface area contributed by atoms with Crippen LogP contribution in [0.5, 0.6) is 0 Å². The molecule has 1 aliphatic rings. The number of anilines is 1. The second-order valence-electron chi connectivity index (χ2n) is 6.16. The lowest BCUT2D eigenvalue weighted by Crippen LogP contribution is -2.49. The number of non-ortho nitro benzene ring substituents is 1. The van der Waals surface area contributed by atoms with Crippen molar-refractivity contribution in [2.24, 2.45) is 0 Å². The van der Waals surface area contributed by atoms with Crippen LogP contribution in [0, 0.1) is 10.1 Å². The van der Waals surface area contributed by atoms with Gasteiger partial charge in [0.2, 0.25) is 0 Å². The number of rotatable bonds is 4. The number of nitro groups is 1. The monoisotopic (exact) mass is 380 g/mol. The van der Waals surface area contributed by atoms with Crippen molar-refractivity contribution in [3.63, 3.8) is 0 Å². The van der Waals surface area contributed by atoms with Crippen molar-refractivity contribution in [3.05, 3.63) is 65.0 Å². The quantitative estimate of drug-likeness (QED) is 0.484. The molecule has 0 radical (unpaired) electrons. The predicted octanol–water partition coefficient (Wildman–Crippen LogP) is 0.928. The van der Waals surface area contributed by atoms with Gasteiger partial charge in [-0.1, -0.05) is 6.07 Å². The van der Waals surface area contributed by atoms with Crippen LogP contribution < -0.4 is 4.90 Å². The average molecular weight is 380 g/mol. The molecule has 1 fully saturated rings. The Morgan fingerprint density at radius 1 is 1.04 bits per heavy atom. The number of aromatic nitrogens is 5. The van der Waals surface area contributed by atoms with Crippen LogP contribution in [-0.2, 0) is 0 Å². The van der Waals surface area contributed by atoms with E-state index in [1.807, 2.05) is 6.07 Å². The molecule has 11 nitrogen and oxygen atoms in total. The number of nitro benzene ring substituents is 1. The van der Waals surface area contributed by atoms with E-state index in [-0.39, 0.29) is 11.6 Å². The molecule has 0 bridgehead atoms. The van der Waals surface area contributed by atoms with Crippen LogP contribution in [0.25, 0.3) is 5.82 Å². The summed E-state index contributed by atoms with van der Waals surface area (Å²) >= 11 is 0. The first-order valence-corrected chi connectivity index (χ1v) is 8.57. The minimum atomic E-state index is -0.503. The summed E-state index contributed by atoms with van der Waals surface area (Å²) in [5.41, 5.74) is 0.226. The normalized spacial score (nSPS) is 14.1. The van der Waals surface area contributed by atoms with Crippen LogP contribution in [0.15, 0.2) is 49.3 Å². The van der Waals surface area contributed by atoms with E-state index >= 15 is 0 Å². The van der Waals surface area contributed by atoms with E-state index in [0.29, 0.717) is 37.6 Å². The van der Waals surface area contributed by atoms with Gasteiger partial charge in [0.25, 0.3) is 11.6 Å². The Bertz CT molecular complexity index is 999. The maximum absolute atomic E-state index is 12.7. The summed E-state index contributed by atoms with van der Waals surface area (Å²) < 4.78 is 1.55. The van der Waals surface area contributed by atoms with Gasteiger partial charge in [-0.05, 0) is 6.07 Å². The molecule has 3 heterocycles. The summed E-state index contributed by atoms with van der Waals surface area (Å²) in [7, 11) is 0. The van der Waals surface area contributed by atoms with E-state index in [9.17, 15) is 14.9 Å². The number of hydrogen-bond donors (Lipinski definition) is 0. The second-order valence-corrected chi connectivity index (χ2v) is 6.16. The molecule has 2 aromatic heterocycles. The minimum absolute atomic E-state index is 0.0916. The van der Waals surface area contributed by atoms with Crippen LogP contribution in [0.3, 0.4) is 0 Å². The van der Waals surface area contributed by atoms with Crippen molar-refractivity contribution in [2.75, 3.05) is 31.1 Å².